The highest BCUT2D eigenvalue weighted by atomic mass is 32.1. The molecule has 0 unspecified atom stereocenters. The van der Waals surface area contributed by atoms with Crippen LogP contribution in [0, 0.1) is 0 Å². The number of esters is 1. The van der Waals surface area contributed by atoms with Crippen LogP contribution in [0.4, 0.5) is 0 Å². The molecule has 1 aliphatic heterocycles. The fourth-order valence-electron chi connectivity index (χ4n) is 3.64. The molecule has 0 fully saturated rings. The minimum atomic E-state index is -0.637. The number of thiophene rings is 1. The van der Waals surface area contributed by atoms with Gasteiger partial charge in [0.15, 0.2) is 0 Å². The van der Waals surface area contributed by atoms with Gasteiger partial charge in [0.2, 0.25) is 0 Å². The van der Waals surface area contributed by atoms with Crippen LogP contribution in [0.25, 0.3) is 10.2 Å². The number of methoxy groups -OCH3 is 1. The molecule has 7 nitrogen and oxygen atoms in total. The fraction of sp³-hybridized carbons (Fsp3) is 0.381. The summed E-state index contributed by atoms with van der Waals surface area (Å²) in [5.74, 6) is -0.637. The number of aromatic nitrogens is 2. The van der Waals surface area contributed by atoms with Crippen LogP contribution in [-0.4, -0.2) is 27.8 Å². The summed E-state index contributed by atoms with van der Waals surface area (Å²) in [4.78, 5) is 39.9. The van der Waals surface area contributed by atoms with Crippen LogP contribution in [0.5, 0.6) is 0 Å². The van der Waals surface area contributed by atoms with E-state index >= 15 is 0 Å². The lowest BCUT2D eigenvalue weighted by molar-refractivity contribution is -0.141. The summed E-state index contributed by atoms with van der Waals surface area (Å²) in [6.45, 7) is 4.25. The molecule has 1 aromatic carbocycles. The van der Waals surface area contributed by atoms with Crippen molar-refractivity contribution in [3.8, 4) is 0 Å². The molecule has 3 aromatic rings. The summed E-state index contributed by atoms with van der Waals surface area (Å²) in [7, 11) is 1.24. The van der Waals surface area contributed by atoms with Gasteiger partial charge in [-0.15, -0.1) is 11.3 Å². The number of carbonyl (C=O) groups is 1. The van der Waals surface area contributed by atoms with Gasteiger partial charge in [-0.3, -0.25) is 14.2 Å². The van der Waals surface area contributed by atoms with Gasteiger partial charge >= 0.3 is 11.7 Å². The molecule has 0 N–H and O–H groups in total. The third-order valence-electron chi connectivity index (χ3n) is 5.13. The zero-order valence-electron chi connectivity index (χ0n) is 16.6. The third-order valence-corrected chi connectivity index (χ3v) is 6.36. The molecule has 3 heterocycles. The van der Waals surface area contributed by atoms with Gasteiger partial charge in [-0.05, 0) is 25.0 Å². The van der Waals surface area contributed by atoms with E-state index in [1.54, 1.807) is 4.57 Å². The first-order valence-electron chi connectivity index (χ1n) is 9.33. The Morgan fingerprint density at radius 1 is 1.21 bits per heavy atom. The topological polar surface area (TPSA) is 79.5 Å². The molecule has 0 atom stereocenters. The minimum absolute atomic E-state index is 0.307. The molecule has 0 amide bonds. The van der Waals surface area contributed by atoms with Crippen LogP contribution < -0.4 is 11.2 Å². The van der Waals surface area contributed by atoms with Crippen LogP contribution >= 0.6 is 11.3 Å². The van der Waals surface area contributed by atoms with Crippen LogP contribution in [0.1, 0.15) is 29.9 Å². The standard InChI is InChI=1S/C21H22N2O5S/c1-21(2)9-14-15(12-28-21)29-19-17(14)18(25)22(11-16(24)27-3)20(26)23(19)10-13-7-5-4-6-8-13/h4-8H,9-12H2,1-3H3. The van der Waals surface area contributed by atoms with Gasteiger partial charge in [-0.25, -0.2) is 9.36 Å². The number of nitrogens with zero attached hydrogens (tertiary/aromatic N) is 2. The molecule has 152 valence electrons. The van der Waals surface area contributed by atoms with Crippen molar-refractivity contribution >= 4 is 27.5 Å². The van der Waals surface area contributed by atoms with Crippen LogP contribution in [0.15, 0.2) is 39.9 Å². The molecule has 1 aliphatic rings. The Kier molecular flexibility index (Phi) is 4.92. The monoisotopic (exact) mass is 414 g/mol. The number of carbonyl (C=O) groups excluding carboxylic acids is 1. The van der Waals surface area contributed by atoms with Gasteiger partial charge in [0.1, 0.15) is 11.4 Å². The lowest BCUT2D eigenvalue weighted by Gasteiger charge is -2.29. The van der Waals surface area contributed by atoms with E-state index in [0.29, 0.717) is 29.8 Å². The minimum Gasteiger partial charge on any atom is -0.468 e. The van der Waals surface area contributed by atoms with Gasteiger partial charge in [0.05, 0.1) is 31.2 Å². The normalized spacial score (nSPS) is 15.3. The molecule has 0 radical (unpaired) electrons. The zero-order valence-corrected chi connectivity index (χ0v) is 17.4. The largest absolute Gasteiger partial charge is 0.468 e. The van der Waals surface area contributed by atoms with E-state index in [2.05, 4.69) is 0 Å². The van der Waals surface area contributed by atoms with Gasteiger partial charge in [-0.1, -0.05) is 30.3 Å². The Hall–Kier alpha value is -2.71. The maximum absolute atomic E-state index is 13.3. The first-order valence-corrected chi connectivity index (χ1v) is 10.1. The molecule has 0 aliphatic carbocycles. The van der Waals surface area contributed by atoms with E-state index in [1.807, 2.05) is 44.2 Å². The number of hydrogen-bond donors (Lipinski definition) is 0. The molecule has 2 aromatic heterocycles. The molecule has 0 saturated carbocycles. The van der Waals surface area contributed by atoms with Crippen molar-refractivity contribution in [2.24, 2.45) is 0 Å². The van der Waals surface area contributed by atoms with Gasteiger partial charge in [0.25, 0.3) is 5.56 Å². The SMILES string of the molecule is COC(=O)Cn1c(=O)c2c3c(sc2n(Cc2ccccc2)c1=O)COC(C)(C)C3. The van der Waals surface area contributed by atoms with E-state index in [9.17, 15) is 14.4 Å². The van der Waals surface area contributed by atoms with Crippen molar-refractivity contribution in [1.29, 1.82) is 0 Å². The Labute approximate surface area is 171 Å². The number of fused-ring (bicyclic) bond motifs is 3. The summed E-state index contributed by atoms with van der Waals surface area (Å²) in [5, 5.41) is 0.501. The summed E-state index contributed by atoms with van der Waals surface area (Å²) >= 11 is 1.42. The second-order valence-corrected chi connectivity index (χ2v) is 8.81. The fourth-order valence-corrected chi connectivity index (χ4v) is 4.86. The Morgan fingerprint density at radius 3 is 2.62 bits per heavy atom. The van der Waals surface area contributed by atoms with E-state index in [1.165, 1.54) is 18.4 Å². The van der Waals surface area contributed by atoms with Crippen molar-refractivity contribution in [1.82, 2.24) is 9.13 Å². The first kappa shape index (κ1) is 19.6. The quantitative estimate of drug-likeness (QED) is 0.612. The molecule has 0 bridgehead atoms. The number of hydrogen-bond acceptors (Lipinski definition) is 6. The average Bonchev–Trinajstić information content (AvgIpc) is 3.06. The molecular formula is C21H22N2O5S. The van der Waals surface area contributed by atoms with Crippen molar-refractivity contribution < 1.29 is 14.3 Å². The Balaban J connectivity index is 2.00. The first-order chi connectivity index (χ1) is 13.8. The smallest absolute Gasteiger partial charge is 0.332 e. The van der Waals surface area contributed by atoms with Gasteiger partial charge in [-0.2, -0.15) is 0 Å². The molecule has 8 heteroatoms. The van der Waals surface area contributed by atoms with E-state index in [-0.39, 0.29) is 0 Å². The summed E-state index contributed by atoms with van der Waals surface area (Å²) in [6.07, 6.45) is 0.569. The van der Waals surface area contributed by atoms with Gasteiger partial charge in [0, 0.05) is 11.3 Å². The molecular weight excluding hydrogens is 392 g/mol. The van der Waals surface area contributed by atoms with Crippen LogP contribution in [0.2, 0.25) is 0 Å². The van der Waals surface area contributed by atoms with Crippen molar-refractivity contribution in [2.45, 2.75) is 45.6 Å². The maximum Gasteiger partial charge on any atom is 0.332 e. The van der Waals surface area contributed by atoms with Crippen molar-refractivity contribution in [3.63, 3.8) is 0 Å². The highest BCUT2D eigenvalue weighted by Gasteiger charge is 2.32. The summed E-state index contributed by atoms with van der Waals surface area (Å²) in [5.41, 5.74) is 0.473. The van der Waals surface area contributed by atoms with Crippen LogP contribution in [0.3, 0.4) is 0 Å². The lowest BCUT2D eigenvalue weighted by Crippen LogP contribution is -2.42. The molecule has 29 heavy (non-hydrogen) atoms. The zero-order chi connectivity index (χ0) is 20.8. The van der Waals surface area contributed by atoms with E-state index in [0.717, 1.165) is 20.6 Å². The van der Waals surface area contributed by atoms with E-state index < -0.39 is 29.4 Å². The van der Waals surface area contributed by atoms with Crippen molar-refractivity contribution in [3.05, 3.63) is 67.2 Å². The number of rotatable bonds is 4. The molecule has 0 saturated heterocycles. The highest BCUT2D eigenvalue weighted by molar-refractivity contribution is 7.18. The number of benzene rings is 1. The summed E-state index contributed by atoms with van der Waals surface area (Å²) in [6, 6.07) is 9.56. The highest BCUT2D eigenvalue weighted by Crippen LogP contribution is 2.37. The lowest BCUT2D eigenvalue weighted by atomic mass is 9.94. The Bertz CT molecular complexity index is 1200. The predicted octanol–water partition coefficient (Wildman–Crippen LogP) is 2.30. The second-order valence-electron chi connectivity index (χ2n) is 7.73. The molecule has 4 rings (SSSR count). The predicted molar refractivity (Wildman–Crippen MR) is 110 cm³/mol. The van der Waals surface area contributed by atoms with E-state index in [4.69, 9.17) is 9.47 Å². The third kappa shape index (κ3) is 3.54. The van der Waals surface area contributed by atoms with Gasteiger partial charge < -0.3 is 9.47 Å². The van der Waals surface area contributed by atoms with Crippen molar-refractivity contribution in [2.75, 3.05) is 7.11 Å². The number of ether oxygens (including phenoxy) is 2. The Morgan fingerprint density at radius 2 is 1.93 bits per heavy atom. The summed E-state index contributed by atoms with van der Waals surface area (Å²) < 4.78 is 13.2. The van der Waals surface area contributed by atoms with Crippen LogP contribution in [-0.2, 0) is 40.4 Å². The molecule has 0 spiro atoms. The second kappa shape index (κ2) is 7.27. The average molecular weight is 414 g/mol. The maximum atomic E-state index is 13.3.